The molecule has 1 heterocycles. The number of fused-ring (bicyclic) bond motifs is 1. The van der Waals surface area contributed by atoms with Crippen molar-refractivity contribution in [3.05, 3.63) is 35.0 Å². The van der Waals surface area contributed by atoms with Gasteiger partial charge in [0.2, 0.25) is 0 Å². The van der Waals surface area contributed by atoms with Crippen molar-refractivity contribution in [2.75, 3.05) is 0 Å². The van der Waals surface area contributed by atoms with Gasteiger partial charge in [0, 0.05) is 28.9 Å². The maximum absolute atomic E-state index is 6.10. The third-order valence-electron chi connectivity index (χ3n) is 2.65. The molecule has 0 aliphatic rings. The van der Waals surface area contributed by atoms with Gasteiger partial charge >= 0.3 is 0 Å². The van der Waals surface area contributed by atoms with Crippen LogP contribution in [0.3, 0.4) is 0 Å². The van der Waals surface area contributed by atoms with Crippen LogP contribution in [-0.2, 0) is 11.8 Å². The number of hydrogen-bond donors (Lipinski definition) is 1. The zero-order valence-electron chi connectivity index (χ0n) is 9.08. The lowest BCUT2D eigenvalue weighted by molar-refractivity contribution is 0.791. The molecule has 0 spiro atoms. The fraction of sp³-hybridized carbons (Fsp3) is 0.333. The predicted molar refractivity (Wildman–Crippen MR) is 69.9 cm³/mol. The van der Waals surface area contributed by atoms with Gasteiger partial charge in [-0.15, -0.1) is 0 Å². The number of rotatable bonds is 1. The minimum absolute atomic E-state index is 0.120. The second kappa shape index (κ2) is 3.46. The van der Waals surface area contributed by atoms with Crippen LogP contribution in [0.2, 0.25) is 5.02 Å². The van der Waals surface area contributed by atoms with Gasteiger partial charge < -0.3 is 4.57 Å². The number of hydrogen-bond acceptors (Lipinski definition) is 1. The van der Waals surface area contributed by atoms with Crippen LogP contribution in [0.25, 0.3) is 10.9 Å². The highest BCUT2D eigenvalue weighted by molar-refractivity contribution is 7.81. The van der Waals surface area contributed by atoms with Crippen LogP contribution in [0.5, 0.6) is 0 Å². The highest BCUT2D eigenvalue weighted by Gasteiger charge is 2.16. The van der Waals surface area contributed by atoms with E-state index in [0.29, 0.717) is 0 Å². The van der Waals surface area contributed by atoms with Crippen molar-refractivity contribution in [3.63, 3.8) is 0 Å². The fourth-order valence-electron chi connectivity index (χ4n) is 1.72. The Morgan fingerprint density at radius 3 is 2.60 bits per heavy atom. The first-order chi connectivity index (χ1) is 6.89. The third kappa shape index (κ3) is 1.88. The maximum Gasteiger partial charge on any atom is 0.0661 e. The standard InChI is InChI=1S/C12H14ClNS/c1-12(2,15)8-4-5-9-10(13)7-14(3)11(9)6-8/h4-7,15H,1-3H3. The van der Waals surface area contributed by atoms with Gasteiger partial charge in [-0.1, -0.05) is 23.7 Å². The van der Waals surface area contributed by atoms with E-state index in [0.717, 1.165) is 15.9 Å². The Labute approximate surface area is 100 Å². The van der Waals surface area contributed by atoms with Crippen LogP contribution < -0.4 is 0 Å². The van der Waals surface area contributed by atoms with E-state index < -0.39 is 0 Å². The molecule has 3 heteroatoms. The first-order valence-electron chi connectivity index (χ1n) is 4.87. The van der Waals surface area contributed by atoms with Crippen LogP contribution in [0.1, 0.15) is 19.4 Å². The second-order valence-corrected chi connectivity index (χ2v) is 5.90. The van der Waals surface area contributed by atoms with E-state index in [1.807, 2.05) is 17.8 Å². The van der Waals surface area contributed by atoms with E-state index in [4.69, 9.17) is 11.6 Å². The van der Waals surface area contributed by atoms with E-state index in [-0.39, 0.29) is 4.75 Å². The van der Waals surface area contributed by atoms with E-state index in [1.54, 1.807) is 0 Å². The molecule has 0 radical (unpaired) electrons. The molecular weight excluding hydrogens is 226 g/mol. The Bertz CT molecular complexity index is 508. The van der Waals surface area contributed by atoms with Crippen molar-refractivity contribution in [1.82, 2.24) is 4.57 Å². The Morgan fingerprint density at radius 1 is 1.33 bits per heavy atom. The molecule has 1 aromatic heterocycles. The van der Waals surface area contributed by atoms with Crippen molar-refractivity contribution in [2.45, 2.75) is 18.6 Å². The van der Waals surface area contributed by atoms with Gasteiger partial charge in [-0.25, -0.2) is 0 Å². The average molecular weight is 240 g/mol. The summed E-state index contributed by atoms with van der Waals surface area (Å²) in [6, 6.07) is 6.29. The molecule has 2 aromatic rings. The normalized spacial score (nSPS) is 12.3. The van der Waals surface area contributed by atoms with Crippen molar-refractivity contribution in [3.8, 4) is 0 Å². The topological polar surface area (TPSA) is 4.93 Å². The summed E-state index contributed by atoms with van der Waals surface area (Å²) in [7, 11) is 2.00. The van der Waals surface area contributed by atoms with Crippen LogP contribution in [-0.4, -0.2) is 4.57 Å². The zero-order valence-corrected chi connectivity index (χ0v) is 10.7. The Hall–Kier alpha value is -0.600. The molecule has 0 saturated heterocycles. The zero-order chi connectivity index (χ0) is 11.2. The fourth-order valence-corrected chi connectivity index (χ4v) is 2.16. The lowest BCUT2D eigenvalue weighted by atomic mass is 10.0. The molecule has 0 aliphatic carbocycles. The van der Waals surface area contributed by atoms with Crippen LogP contribution in [0, 0.1) is 0 Å². The van der Waals surface area contributed by atoms with Gasteiger partial charge in [0.05, 0.1) is 5.02 Å². The van der Waals surface area contributed by atoms with E-state index >= 15 is 0 Å². The highest BCUT2D eigenvalue weighted by Crippen LogP contribution is 2.32. The first-order valence-corrected chi connectivity index (χ1v) is 5.69. The first kappa shape index (κ1) is 10.9. The van der Waals surface area contributed by atoms with E-state index in [9.17, 15) is 0 Å². The summed E-state index contributed by atoms with van der Waals surface area (Å²) in [6.07, 6.45) is 1.93. The van der Waals surface area contributed by atoms with Crippen LogP contribution >= 0.6 is 24.2 Å². The summed E-state index contributed by atoms with van der Waals surface area (Å²) in [4.78, 5) is 0. The van der Waals surface area contributed by atoms with Gasteiger partial charge in [0.1, 0.15) is 0 Å². The van der Waals surface area contributed by atoms with Gasteiger partial charge in [-0.05, 0) is 25.5 Å². The molecular formula is C12H14ClNS. The van der Waals surface area contributed by atoms with Crippen molar-refractivity contribution in [1.29, 1.82) is 0 Å². The molecule has 0 fully saturated rings. The van der Waals surface area contributed by atoms with Gasteiger partial charge in [-0.2, -0.15) is 12.6 Å². The lowest BCUT2D eigenvalue weighted by Crippen LogP contribution is -2.07. The van der Waals surface area contributed by atoms with Gasteiger partial charge in [0.15, 0.2) is 0 Å². The van der Waals surface area contributed by atoms with Gasteiger partial charge in [0.25, 0.3) is 0 Å². The van der Waals surface area contributed by atoms with Crippen molar-refractivity contribution < 1.29 is 0 Å². The van der Waals surface area contributed by atoms with Crippen molar-refractivity contribution in [2.24, 2.45) is 7.05 Å². The molecule has 0 bridgehead atoms. The van der Waals surface area contributed by atoms with Crippen LogP contribution in [0.4, 0.5) is 0 Å². The summed E-state index contributed by atoms with van der Waals surface area (Å²) in [5, 5.41) is 1.90. The summed E-state index contributed by atoms with van der Waals surface area (Å²) in [5.41, 5.74) is 2.36. The predicted octanol–water partition coefficient (Wildman–Crippen LogP) is 4.00. The molecule has 0 atom stereocenters. The molecule has 2 rings (SSSR count). The molecule has 0 amide bonds. The highest BCUT2D eigenvalue weighted by atomic mass is 35.5. The molecule has 0 aliphatic heterocycles. The smallest absolute Gasteiger partial charge is 0.0661 e. The molecule has 0 saturated carbocycles. The number of halogens is 1. The number of aryl methyl sites for hydroxylation is 1. The molecule has 15 heavy (non-hydrogen) atoms. The Balaban J connectivity index is 2.71. The lowest BCUT2D eigenvalue weighted by Gasteiger charge is -2.18. The van der Waals surface area contributed by atoms with Crippen molar-refractivity contribution >= 4 is 35.1 Å². The molecule has 1 aromatic carbocycles. The molecule has 0 unspecified atom stereocenters. The Morgan fingerprint density at radius 2 is 2.00 bits per heavy atom. The minimum atomic E-state index is -0.120. The number of benzene rings is 1. The molecule has 80 valence electrons. The maximum atomic E-state index is 6.10. The summed E-state index contributed by atoms with van der Waals surface area (Å²) in [6.45, 7) is 4.17. The number of nitrogens with zero attached hydrogens (tertiary/aromatic N) is 1. The third-order valence-corrected chi connectivity index (χ3v) is 3.21. The summed E-state index contributed by atoms with van der Waals surface area (Å²) >= 11 is 10.7. The van der Waals surface area contributed by atoms with E-state index in [1.165, 1.54) is 5.56 Å². The number of aromatic nitrogens is 1. The molecule has 0 N–H and O–H groups in total. The van der Waals surface area contributed by atoms with E-state index in [2.05, 4.69) is 44.7 Å². The summed E-state index contributed by atoms with van der Waals surface area (Å²) in [5.74, 6) is 0. The Kier molecular flexibility index (Phi) is 2.52. The van der Waals surface area contributed by atoms with Crippen LogP contribution in [0.15, 0.2) is 24.4 Å². The summed E-state index contributed by atoms with van der Waals surface area (Å²) < 4.78 is 1.92. The SMILES string of the molecule is Cn1cc(Cl)c2ccc(C(C)(C)S)cc21. The van der Waals surface area contributed by atoms with Gasteiger partial charge in [-0.3, -0.25) is 0 Å². The number of thiol groups is 1. The second-order valence-electron chi connectivity index (χ2n) is 4.38. The monoisotopic (exact) mass is 239 g/mol. The molecule has 1 nitrogen and oxygen atoms in total. The largest absolute Gasteiger partial charge is 0.349 e. The minimum Gasteiger partial charge on any atom is -0.349 e. The average Bonchev–Trinajstić information content (AvgIpc) is 2.41. The quantitative estimate of drug-likeness (QED) is 0.718.